The van der Waals surface area contributed by atoms with Crippen LogP contribution >= 0.6 is 67.6 Å². The number of hydrogen-bond donors (Lipinski definition) is 0. The highest BCUT2D eigenvalue weighted by molar-refractivity contribution is 9.11. The first-order valence-corrected chi connectivity index (χ1v) is 9.42. The van der Waals surface area contributed by atoms with Crippen LogP contribution in [0.4, 0.5) is 0 Å². The van der Waals surface area contributed by atoms with Crippen molar-refractivity contribution in [2.75, 3.05) is 6.54 Å². The van der Waals surface area contributed by atoms with Crippen molar-refractivity contribution < 1.29 is 4.79 Å². The molecule has 9 heteroatoms. The normalized spacial score (nSPS) is 17.5. The number of hydrogen-bond acceptors (Lipinski definition) is 6. The van der Waals surface area contributed by atoms with E-state index in [1.165, 1.54) is 11.8 Å². The molecule has 2 heterocycles. The highest BCUT2D eigenvalue weighted by atomic mass is 79.9. The summed E-state index contributed by atoms with van der Waals surface area (Å²) in [7, 11) is 0. The molecule has 1 aliphatic rings. The molecule has 1 amide bonds. The Bertz CT molecular complexity index is 802. The standard InChI is InChI=1S/C12H7Br2N3OS3/c1-2-17-11(18)7(20-12(17)19)4-5-3-6(13)9-10(8(5)14)16-21-15-9/h3-4H,2H2,1H3/b7-4-. The summed E-state index contributed by atoms with van der Waals surface area (Å²) in [6, 6.07) is 1.92. The Morgan fingerprint density at radius 2 is 2.10 bits per heavy atom. The molecule has 3 rings (SSSR count). The Hall–Kier alpha value is -0.350. The van der Waals surface area contributed by atoms with E-state index >= 15 is 0 Å². The van der Waals surface area contributed by atoms with Crippen LogP contribution in [0.3, 0.4) is 0 Å². The molecule has 0 aliphatic carbocycles. The van der Waals surface area contributed by atoms with Gasteiger partial charge in [-0.15, -0.1) is 0 Å². The van der Waals surface area contributed by atoms with E-state index in [0.29, 0.717) is 15.8 Å². The summed E-state index contributed by atoms with van der Waals surface area (Å²) in [5, 5.41) is 0. The fraction of sp³-hybridized carbons (Fsp3) is 0.167. The third kappa shape index (κ3) is 2.70. The topological polar surface area (TPSA) is 46.1 Å². The lowest BCUT2D eigenvalue weighted by Gasteiger charge is -2.09. The summed E-state index contributed by atoms with van der Waals surface area (Å²) in [5.41, 5.74) is 2.47. The number of benzene rings is 1. The van der Waals surface area contributed by atoms with Crippen molar-refractivity contribution >= 4 is 94.9 Å². The quantitative estimate of drug-likeness (QED) is 0.485. The van der Waals surface area contributed by atoms with Crippen molar-refractivity contribution in [2.24, 2.45) is 0 Å². The van der Waals surface area contributed by atoms with Crippen LogP contribution in [0, 0.1) is 0 Å². The third-order valence-corrected chi connectivity index (χ3v) is 6.28. The highest BCUT2D eigenvalue weighted by Gasteiger charge is 2.30. The number of likely N-dealkylation sites (N-methyl/N-ethyl adjacent to an activating group) is 1. The molecule has 2 aromatic rings. The maximum absolute atomic E-state index is 12.3. The van der Waals surface area contributed by atoms with Gasteiger partial charge in [0.1, 0.15) is 15.4 Å². The van der Waals surface area contributed by atoms with E-state index < -0.39 is 0 Å². The van der Waals surface area contributed by atoms with Crippen molar-refractivity contribution in [1.29, 1.82) is 0 Å². The number of carbonyl (C=O) groups is 1. The van der Waals surface area contributed by atoms with Gasteiger partial charge in [-0.25, -0.2) is 0 Å². The van der Waals surface area contributed by atoms with Gasteiger partial charge in [-0.3, -0.25) is 9.69 Å². The summed E-state index contributed by atoms with van der Waals surface area (Å²) >= 11 is 14.7. The molecule has 1 aliphatic heterocycles. The lowest BCUT2D eigenvalue weighted by atomic mass is 10.2. The molecule has 0 radical (unpaired) electrons. The molecule has 1 aromatic carbocycles. The van der Waals surface area contributed by atoms with Crippen LogP contribution in [0.5, 0.6) is 0 Å². The molecule has 0 bridgehead atoms. The second-order valence-corrected chi connectivity index (χ2v) is 8.00. The zero-order valence-corrected chi connectivity index (χ0v) is 16.2. The maximum Gasteiger partial charge on any atom is 0.266 e. The zero-order valence-electron chi connectivity index (χ0n) is 10.6. The van der Waals surface area contributed by atoms with Crippen LogP contribution in [-0.2, 0) is 4.79 Å². The van der Waals surface area contributed by atoms with Gasteiger partial charge >= 0.3 is 0 Å². The van der Waals surface area contributed by atoms with Crippen molar-refractivity contribution in [1.82, 2.24) is 13.6 Å². The van der Waals surface area contributed by atoms with E-state index in [0.717, 1.165) is 37.3 Å². The van der Waals surface area contributed by atoms with Crippen LogP contribution in [0.1, 0.15) is 12.5 Å². The van der Waals surface area contributed by atoms with Crippen molar-refractivity contribution in [3.05, 3.63) is 25.5 Å². The number of halogens is 2. The minimum Gasteiger partial charge on any atom is -0.293 e. The average molecular weight is 465 g/mol. The van der Waals surface area contributed by atoms with E-state index in [9.17, 15) is 4.79 Å². The first-order valence-electron chi connectivity index (χ1n) is 5.88. The molecular weight excluding hydrogens is 458 g/mol. The zero-order chi connectivity index (χ0) is 15.1. The van der Waals surface area contributed by atoms with E-state index in [2.05, 4.69) is 40.6 Å². The van der Waals surface area contributed by atoms with Gasteiger partial charge in [-0.05, 0) is 56.5 Å². The Morgan fingerprint density at radius 3 is 2.76 bits per heavy atom. The number of carbonyl (C=O) groups excluding carboxylic acids is 1. The molecule has 0 N–H and O–H groups in total. The van der Waals surface area contributed by atoms with Crippen molar-refractivity contribution in [2.45, 2.75) is 6.92 Å². The molecule has 108 valence electrons. The molecule has 4 nitrogen and oxygen atoms in total. The monoisotopic (exact) mass is 463 g/mol. The molecule has 0 atom stereocenters. The van der Waals surface area contributed by atoms with E-state index in [1.54, 1.807) is 4.90 Å². The Balaban J connectivity index is 2.10. The number of aromatic nitrogens is 2. The summed E-state index contributed by atoms with van der Waals surface area (Å²) in [5.74, 6) is -0.0491. The molecule has 0 spiro atoms. The molecule has 0 unspecified atom stereocenters. The smallest absolute Gasteiger partial charge is 0.266 e. The molecule has 1 aromatic heterocycles. The minimum absolute atomic E-state index is 0.0491. The van der Waals surface area contributed by atoms with Crippen molar-refractivity contribution in [3.63, 3.8) is 0 Å². The number of thiocarbonyl (C=S) groups is 1. The average Bonchev–Trinajstić information content (AvgIpc) is 3.02. The van der Waals surface area contributed by atoms with Gasteiger partial charge in [0.2, 0.25) is 0 Å². The summed E-state index contributed by atoms with van der Waals surface area (Å²) in [4.78, 5) is 14.5. The molecule has 1 saturated heterocycles. The summed E-state index contributed by atoms with van der Waals surface area (Å²) < 4.78 is 10.8. The van der Waals surface area contributed by atoms with E-state index in [4.69, 9.17) is 12.2 Å². The minimum atomic E-state index is -0.0491. The largest absolute Gasteiger partial charge is 0.293 e. The highest BCUT2D eigenvalue weighted by Crippen LogP contribution is 2.37. The second-order valence-electron chi connectivity index (χ2n) is 4.15. The second kappa shape index (κ2) is 6.04. The molecule has 1 fully saturated rings. The number of rotatable bonds is 2. The predicted octanol–water partition coefficient (Wildman–Crippen LogP) is 4.44. The molecule has 21 heavy (non-hydrogen) atoms. The van der Waals surface area contributed by atoms with Crippen LogP contribution in [-0.4, -0.2) is 30.4 Å². The lowest BCUT2D eigenvalue weighted by molar-refractivity contribution is -0.121. The van der Waals surface area contributed by atoms with Gasteiger partial charge in [0, 0.05) is 11.0 Å². The molecule has 0 saturated carbocycles. The van der Waals surface area contributed by atoms with Gasteiger partial charge in [0.15, 0.2) is 0 Å². The van der Waals surface area contributed by atoms with Crippen LogP contribution < -0.4 is 0 Å². The Kier molecular flexibility index (Phi) is 4.47. The summed E-state index contributed by atoms with van der Waals surface area (Å²) in [6.45, 7) is 2.50. The maximum atomic E-state index is 12.3. The fourth-order valence-corrected chi connectivity index (χ4v) is 5.12. The number of nitrogens with zero attached hydrogens (tertiary/aromatic N) is 3. The predicted molar refractivity (Wildman–Crippen MR) is 98.4 cm³/mol. The van der Waals surface area contributed by atoms with Gasteiger partial charge in [0.25, 0.3) is 5.91 Å². The van der Waals surface area contributed by atoms with Gasteiger partial charge in [-0.1, -0.05) is 24.0 Å². The first kappa shape index (κ1) is 15.5. The Labute approximate surface area is 151 Å². The van der Waals surface area contributed by atoms with Crippen LogP contribution in [0.2, 0.25) is 0 Å². The SMILES string of the molecule is CCN1C(=O)/C(=C/c2cc(Br)c3nsnc3c2Br)SC1=S. The lowest BCUT2D eigenvalue weighted by Crippen LogP contribution is -2.27. The number of thioether (sulfide) groups is 1. The Morgan fingerprint density at radius 1 is 1.38 bits per heavy atom. The van der Waals surface area contributed by atoms with Gasteiger partial charge in [-0.2, -0.15) is 8.75 Å². The number of amides is 1. The van der Waals surface area contributed by atoms with Gasteiger partial charge < -0.3 is 0 Å². The first-order chi connectivity index (χ1) is 10.0. The third-order valence-electron chi connectivity index (χ3n) is 2.93. The van der Waals surface area contributed by atoms with E-state index in [1.807, 2.05) is 19.1 Å². The summed E-state index contributed by atoms with van der Waals surface area (Å²) in [6.07, 6.45) is 1.84. The van der Waals surface area contributed by atoms with Crippen LogP contribution in [0.15, 0.2) is 19.9 Å². The molecular formula is C12H7Br2N3OS3. The van der Waals surface area contributed by atoms with Crippen molar-refractivity contribution in [3.8, 4) is 0 Å². The van der Waals surface area contributed by atoms with Gasteiger partial charge in [0.05, 0.1) is 21.1 Å². The van der Waals surface area contributed by atoms with Crippen LogP contribution in [0.25, 0.3) is 17.1 Å². The number of fused-ring (bicyclic) bond motifs is 1. The van der Waals surface area contributed by atoms with E-state index in [-0.39, 0.29) is 5.91 Å². The fourth-order valence-electron chi connectivity index (χ4n) is 1.91.